The third kappa shape index (κ3) is 4.05. The van der Waals surface area contributed by atoms with Crippen LogP contribution in [0.5, 0.6) is 0 Å². The van der Waals surface area contributed by atoms with E-state index in [-0.39, 0.29) is 35.5 Å². The molecule has 4 rings (SSSR count). The maximum Gasteiger partial charge on any atom is 0.307 e. The zero-order chi connectivity index (χ0) is 22.5. The molecule has 8 nitrogen and oxygen atoms in total. The molecular formula is C23H34N2O6. The van der Waals surface area contributed by atoms with Gasteiger partial charge in [0.1, 0.15) is 0 Å². The smallest absolute Gasteiger partial charge is 0.307 e. The summed E-state index contributed by atoms with van der Waals surface area (Å²) in [6.07, 6.45) is 5.26. The number of aliphatic carboxylic acids is 2. The molecule has 0 heterocycles. The summed E-state index contributed by atoms with van der Waals surface area (Å²) in [5.74, 6) is -3.74. The van der Waals surface area contributed by atoms with Gasteiger partial charge in [0.2, 0.25) is 11.8 Å². The molecule has 4 fully saturated rings. The molecule has 0 radical (unpaired) electrons. The Bertz CT molecular complexity index is 718. The van der Waals surface area contributed by atoms with Crippen molar-refractivity contribution < 1.29 is 29.4 Å². The van der Waals surface area contributed by atoms with Crippen LogP contribution in [0.2, 0.25) is 0 Å². The van der Waals surface area contributed by atoms with Crippen molar-refractivity contribution in [1.82, 2.24) is 10.6 Å². The van der Waals surface area contributed by atoms with E-state index in [1.54, 1.807) is 0 Å². The molecule has 172 valence electrons. The lowest BCUT2D eigenvalue weighted by Crippen LogP contribution is -2.48. The molecular weight excluding hydrogens is 400 g/mol. The lowest BCUT2D eigenvalue weighted by atomic mass is 9.78. The Labute approximate surface area is 182 Å². The number of carboxylic acid groups (broad SMARTS) is 2. The lowest BCUT2D eigenvalue weighted by Gasteiger charge is -2.31. The van der Waals surface area contributed by atoms with Gasteiger partial charge in [-0.1, -0.05) is 13.8 Å². The largest absolute Gasteiger partial charge is 0.481 e. The zero-order valence-corrected chi connectivity index (χ0v) is 18.3. The van der Waals surface area contributed by atoms with Gasteiger partial charge in [-0.2, -0.15) is 0 Å². The van der Waals surface area contributed by atoms with Crippen molar-refractivity contribution in [1.29, 1.82) is 0 Å². The van der Waals surface area contributed by atoms with E-state index in [4.69, 9.17) is 0 Å². The maximum atomic E-state index is 12.8. The topological polar surface area (TPSA) is 133 Å². The second kappa shape index (κ2) is 8.10. The van der Waals surface area contributed by atoms with Crippen molar-refractivity contribution in [3.63, 3.8) is 0 Å². The molecule has 0 unspecified atom stereocenters. The number of amides is 2. The zero-order valence-electron chi connectivity index (χ0n) is 18.3. The van der Waals surface area contributed by atoms with E-state index in [9.17, 15) is 29.4 Å². The standard InChI is InChI=1S/C23H34N2O6/c1-23(2,9-24-19(26)15-11-3-5-13(7-11)17(15)21(28)29)10-25-20(27)16-12-4-6-14(8-12)18(16)22(30)31/h11-18H,3-10H2,1-2H3,(H,24,26)(H,25,27)(H,28,29)(H,30,31)/t11-,12-,13-,14-,15-,16+,17+,18-/m0/s1. The summed E-state index contributed by atoms with van der Waals surface area (Å²) in [5, 5.41) is 25.0. The van der Waals surface area contributed by atoms with E-state index in [2.05, 4.69) is 10.6 Å². The Morgan fingerprint density at radius 2 is 1.00 bits per heavy atom. The molecule has 4 N–H and O–H groups in total. The first-order chi connectivity index (χ1) is 14.6. The highest BCUT2D eigenvalue weighted by Crippen LogP contribution is 2.53. The second-order valence-corrected chi connectivity index (χ2v) is 11.0. The minimum Gasteiger partial charge on any atom is -0.481 e. The molecule has 0 aliphatic heterocycles. The average molecular weight is 435 g/mol. The van der Waals surface area contributed by atoms with Gasteiger partial charge in [0.15, 0.2) is 0 Å². The minimum atomic E-state index is -0.877. The second-order valence-electron chi connectivity index (χ2n) is 11.0. The molecule has 0 spiro atoms. The molecule has 0 aromatic rings. The van der Waals surface area contributed by atoms with Gasteiger partial charge in [-0.05, 0) is 67.6 Å². The monoisotopic (exact) mass is 434 g/mol. The molecule has 0 saturated heterocycles. The van der Waals surface area contributed by atoms with Crippen LogP contribution >= 0.6 is 0 Å². The highest BCUT2D eigenvalue weighted by molar-refractivity contribution is 5.87. The number of carboxylic acids is 2. The number of fused-ring (bicyclic) bond motifs is 4. The fourth-order valence-corrected chi connectivity index (χ4v) is 7.00. The van der Waals surface area contributed by atoms with E-state index < -0.39 is 41.0 Å². The average Bonchev–Trinajstić information content (AvgIpc) is 3.49. The lowest BCUT2D eigenvalue weighted by molar-refractivity contribution is -0.149. The summed E-state index contributed by atoms with van der Waals surface area (Å²) in [6.45, 7) is 4.51. The highest BCUT2D eigenvalue weighted by Gasteiger charge is 2.55. The summed E-state index contributed by atoms with van der Waals surface area (Å²) in [7, 11) is 0. The molecule has 0 aromatic carbocycles. The number of carbonyl (C=O) groups excluding carboxylic acids is 2. The fraction of sp³-hybridized carbons (Fsp3) is 0.826. The number of carbonyl (C=O) groups is 4. The highest BCUT2D eigenvalue weighted by atomic mass is 16.4. The van der Waals surface area contributed by atoms with Gasteiger partial charge in [0.05, 0.1) is 23.7 Å². The summed E-state index contributed by atoms with van der Waals surface area (Å²) in [5.41, 5.74) is -0.433. The predicted molar refractivity (Wildman–Crippen MR) is 111 cm³/mol. The van der Waals surface area contributed by atoms with Gasteiger partial charge in [0, 0.05) is 13.1 Å². The summed E-state index contributed by atoms with van der Waals surface area (Å²) in [4.78, 5) is 49.0. The van der Waals surface area contributed by atoms with Crippen molar-refractivity contribution in [2.75, 3.05) is 13.1 Å². The summed E-state index contributed by atoms with van der Waals surface area (Å²) >= 11 is 0. The molecule has 31 heavy (non-hydrogen) atoms. The van der Waals surface area contributed by atoms with Gasteiger partial charge in [-0.3, -0.25) is 19.2 Å². The van der Waals surface area contributed by atoms with Crippen molar-refractivity contribution in [3.05, 3.63) is 0 Å². The number of hydrogen-bond donors (Lipinski definition) is 4. The van der Waals surface area contributed by atoms with Gasteiger partial charge in [-0.25, -0.2) is 0 Å². The van der Waals surface area contributed by atoms with Crippen LogP contribution in [-0.4, -0.2) is 47.1 Å². The van der Waals surface area contributed by atoms with Crippen LogP contribution in [0.3, 0.4) is 0 Å². The van der Waals surface area contributed by atoms with E-state index in [0.29, 0.717) is 13.1 Å². The predicted octanol–water partition coefficient (Wildman–Crippen LogP) is 1.74. The molecule has 4 aliphatic rings. The van der Waals surface area contributed by atoms with Crippen LogP contribution in [0.25, 0.3) is 0 Å². The third-order valence-electron chi connectivity index (χ3n) is 8.49. The van der Waals surface area contributed by atoms with Crippen LogP contribution in [0, 0.1) is 52.8 Å². The number of hydrogen-bond acceptors (Lipinski definition) is 4. The molecule has 4 aliphatic carbocycles. The Kier molecular flexibility index (Phi) is 5.77. The summed E-state index contributed by atoms with van der Waals surface area (Å²) in [6, 6.07) is 0. The Morgan fingerprint density at radius 1 is 0.677 bits per heavy atom. The van der Waals surface area contributed by atoms with Gasteiger partial charge in [-0.15, -0.1) is 0 Å². The molecule has 4 saturated carbocycles. The van der Waals surface area contributed by atoms with Crippen LogP contribution in [0.4, 0.5) is 0 Å². The van der Waals surface area contributed by atoms with Crippen LogP contribution < -0.4 is 10.6 Å². The molecule has 8 atom stereocenters. The fourth-order valence-electron chi connectivity index (χ4n) is 7.00. The van der Waals surface area contributed by atoms with E-state index in [1.165, 1.54) is 0 Å². The van der Waals surface area contributed by atoms with Gasteiger partial charge >= 0.3 is 11.9 Å². The van der Waals surface area contributed by atoms with E-state index in [1.807, 2.05) is 13.8 Å². The van der Waals surface area contributed by atoms with Crippen molar-refractivity contribution in [2.24, 2.45) is 52.8 Å². The van der Waals surface area contributed by atoms with Crippen LogP contribution in [0.15, 0.2) is 0 Å². The third-order valence-corrected chi connectivity index (χ3v) is 8.49. The first kappa shape index (κ1) is 22.1. The van der Waals surface area contributed by atoms with Crippen molar-refractivity contribution in [2.45, 2.75) is 52.4 Å². The van der Waals surface area contributed by atoms with E-state index >= 15 is 0 Å². The molecule has 4 bridgehead atoms. The summed E-state index contributed by atoms with van der Waals surface area (Å²) < 4.78 is 0. The first-order valence-corrected chi connectivity index (χ1v) is 11.6. The van der Waals surface area contributed by atoms with Crippen molar-refractivity contribution >= 4 is 23.8 Å². The van der Waals surface area contributed by atoms with E-state index in [0.717, 1.165) is 38.5 Å². The first-order valence-electron chi connectivity index (χ1n) is 11.6. The number of rotatable bonds is 8. The SMILES string of the molecule is CC(C)(CNC(=O)[C@@H]1[C@H]2CC[C@@H](C2)[C@@H]1C(=O)O)CNC(=O)[C@H]1[C@H]2CC[C@@H](C2)[C@H]1C(=O)O. The quantitative estimate of drug-likeness (QED) is 0.460. The molecule has 8 heteroatoms. The van der Waals surface area contributed by atoms with Crippen molar-refractivity contribution in [3.8, 4) is 0 Å². The van der Waals surface area contributed by atoms with Gasteiger partial charge in [0.25, 0.3) is 0 Å². The maximum absolute atomic E-state index is 12.8. The molecule has 2 amide bonds. The normalized spacial score (nSPS) is 38.3. The Morgan fingerprint density at radius 3 is 1.32 bits per heavy atom. The number of nitrogens with one attached hydrogen (secondary N) is 2. The van der Waals surface area contributed by atoms with Crippen LogP contribution in [-0.2, 0) is 19.2 Å². The molecule has 0 aromatic heterocycles. The Balaban J connectivity index is 1.29. The minimum absolute atomic E-state index is 0.106. The van der Waals surface area contributed by atoms with Crippen LogP contribution in [0.1, 0.15) is 52.4 Å². The Hall–Kier alpha value is -2.12. The van der Waals surface area contributed by atoms with Gasteiger partial charge < -0.3 is 20.8 Å².